The van der Waals surface area contributed by atoms with Gasteiger partial charge in [-0.15, -0.1) is 0 Å². The highest BCUT2D eigenvalue weighted by Gasteiger charge is 2.35. The molecule has 0 spiro atoms. The predicted molar refractivity (Wildman–Crippen MR) is 95.9 cm³/mol. The fourth-order valence-corrected chi connectivity index (χ4v) is 2.82. The van der Waals surface area contributed by atoms with Gasteiger partial charge in [-0.05, 0) is 44.9 Å². The molecular weight excluding hydrogens is 375 g/mol. The number of ether oxygens (including phenoxy) is 2. The molecule has 28 heavy (non-hydrogen) atoms. The third-order valence-corrected chi connectivity index (χ3v) is 3.99. The van der Waals surface area contributed by atoms with Crippen LogP contribution in [0.25, 0.3) is 11.4 Å². The van der Waals surface area contributed by atoms with Crippen molar-refractivity contribution in [3.8, 4) is 17.1 Å². The monoisotopic (exact) mass is 397 g/mol. The summed E-state index contributed by atoms with van der Waals surface area (Å²) in [5, 5.41) is 2.65. The highest BCUT2D eigenvalue weighted by Crippen LogP contribution is 2.36. The number of hydrogen-bond donors (Lipinski definition) is 1. The molecule has 0 radical (unpaired) electrons. The molecule has 3 rings (SSSR count). The number of alkyl carbamates (subject to hydrolysis) is 1. The number of aromatic nitrogens is 2. The van der Waals surface area contributed by atoms with E-state index in [0.29, 0.717) is 30.9 Å². The highest BCUT2D eigenvalue weighted by atomic mass is 19.4. The standard InChI is InChI=1S/C19H22F3N3O3/c1-18(2,3)28-17(26)23-10-12-5-6-13-14(9-12)27-8-4-7-25-11-15(19(20,21)22)24-16(13)25/h5-6,9,11H,4,7-8,10H2,1-3H3,(H,23,26). The lowest BCUT2D eigenvalue weighted by molar-refractivity contribution is -0.140. The van der Waals surface area contributed by atoms with Gasteiger partial charge >= 0.3 is 12.3 Å². The molecular formula is C19H22F3N3O3. The van der Waals surface area contributed by atoms with Crippen LogP contribution in [0.4, 0.5) is 18.0 Å². The predicted octanol–water partition coefficient (Wildman–Crippen LogP) is 4.38. The van der Waals surface area contributed by atoms with Crippen molar-refractivity contribution in [2.24, 2.45) is 0 Å². The zero-order valence-corrected chi connectivity index (χ0v) is 15.9. The van der Waals surface area contributed by atoms with Gasteiger partial charge in [0.2, 0.25) is 0 Å². The zero-order valence-electron chi connectivity index (χ0n) is 15.9. The lowest BCUT2D eigenvalue weighted by atomic mass is 10.1. The molecule has 0 aliphatic carbocycles. The Labute approximate surface area is 160 Å². The first kappa shape index (κ1) is 20.0. The second-order valence-electron chi connectivity index (χ2n) is 7.53. The molecule has 0 fully saturated rings. The van der Waals surface area contributed by atoms with Gasteiger partial charge in [0.05, 0.1) is 12.2 Å². The van der Waals surface area contributed by atoms with Gasteiger partial charge < -0.3 is 19.4 Å². The summed E-state index contributed by atoms with van der Waals surface area (Å²) in [5.74, 6) is 0.650. The fraction of sp³-hybridized carbons (Fsp3) is 0.474. The van der Waals surface area contributed by atoms with Crippen molar-refractivity contribution in [3.05, 3.63) is 35.7 Å². The molecule has 9 heteroatoms. The number of imidazole rings is 1. The van der Waals surface area contributed by atoms with Crippen LogP contribution >= 0.6 is 0 Å². The molecule has 152 valence electrons. The lowest BCUT2D eigenvalue weighted by Gasteiger charge is -2.20. The molecule has 1 aliphatic heterocycles. The van der Waals surface area contributed by atoms with E-state index in [9.17, 15) is 18.0 Å². The van der Waals surface area contributed by atoms with Crippen LogP contribution in [-0.4, -0.2) is 27.9 Å². The maximum Gasteiger partial charge on any atom is 0.434 e. The Bertz CT molecular complexity index is 870. The van der Waals surface area contributed by atoms with E-state index >= 15 is 0 Å². The van der Waals surface area contributed by atoms with Crippen molar-refractivity contribution in [1.82, 2.24) is 14.9 Å². The summed E-state index contributed by atoms with van der Waals surface area (Å²) in [5.41, 5.74) is -0.312. The molecule has 0 unspecified atom stereocenters. The first-order chi connectivity index (χ1) is 13.0. The van der Waals surface area contributed by atoms with Crippen molar-refractivity contribution in [2.75, 3.05) is 6.61 Å². The minimum atomic E-state index is -4.51. The van der Waals surface area contributed by atoms with Crippen LogP contribution in [0, 0.1) is 0 Å². The van der Waals surface area contributed by atoms with Crippen molar-refractivity contribution >= 4 is 6.09 Å². The first-order valence-corrected chi connectivity index (χ1v) is 8.90. The Hall–Kier alpha value is -2.71. The fourth-order valence-electron chi connectivity index (χ4n) is 2.82. The van der Waals surface area contributed by atoms with Gasteiger partial charge in [-0.1, -0.05) is 6.07 Å². The second kappa shape index (κ2) is 7.37. The Morgan fingerprint density at radius 3 is 2.75 bits per heavy atom. The maximum atomic E-state index is 13.1. The summed E-state index contributed by atoms with van der Waals surface area (Å²) in [6.45, 7) is 6.26. The number of hydrogen-bond acceptors (Lipinski definition) is 4. The van der Waals surface area contributed by atoms with Gasteiger partial charge in [0, 0.05) is 19.3 Å². The SMILES string of the molecule is CC(C)(C)OC(=O)NCc1ccc2c(c1)OCCCn1cc(C(F)(F)F)nc1-2. The van der Waals surface area contributed by atoms with Crippen LogP contribution in [0.15, 0.2) is 24.4 Å². The molecule has 2 heterocycles. The number of halogens is 3. The maximum absolute atomic E-state index is 13.1. The Morgan fingerprint density at radius 1 is 1.32 bits per heavy atom. The Morgan fingerprint density at radius 2 is 2.07 bits per heavy atom. The van der Waals surface area contributed by atoms with E-state index in [2.05, 4.69) is 10.3 Å². The van der Waals surface area contributed by atoms with Gasteiger partial charge in [0.1, 0.15) is 17.2 Å². The number of nitrogens with one attached hydrogen (secondary N) is 1. The molecule has 1 aliphatic rings. The quantitative estimate of drug-likeness (QED) is 0.817. The summed E-state index contributed by atoms with van der Waals surface area (Å²) in [6, 6.07) is 5.07. The van der Waals surface area contributed by atoms with E-state index in [1.54, 1.807) is 39.0 Å². The molecule has 0 atom stereocenters. The van der Waals surface area contributed by atoms with E-state index in [-0.39, 0.29) is 12.4 Å². The molecule has 6 nitrogen and oxygen atoms in total. The van der Waals surface area contributed by atoms with Crippen molar-refractivity contribution in [1.29, 1.82) is 0 Å². The van der Waals surface area contributed by atoms with Crippen LogP contribution < -0.4 is 10.1 Å². The molecule has 0 bridgehead atoms. The molecule has 1 aromatic heterocycles. The normalized spacial score (nSPS) is 14.2. The van der Waals surface area contributed by atoms with E-state index in [1.165, 1.54) is 4.57 Å². The summed E-state index contributed by atoms with van der Waals surface area (Å²) in [6.07, 6.45) is -3.47. The van der Waals surface area contributed by atoms with E-state index in [4.69, 9.17) is 9.47 Å². The number of carbonyl (C=O) groups excluding carboxylic acids is 1. The molecule has 1 N–H and O–H groups in total. The summed E-state index contributed by atoms with van der Waals surface area (Å²) < 4.78 is 51.6. The van der Waals surface area contributed by atoms with E-state index < -0.39 is 23.6 Å². The van der Waals surface area contributed by atoms with Crippen LogP contribution in [0.3, 0.4) is 0 Å². The smallest absolute Gasteiger partial charge is 0.434 e. The summed E-state index contributed by atoms with van der Waals surface area (Å²) in [4.78, 5) is 15.6. The van der Waals surface area contributed by atoms with Crippen molar-refractivity contribution in [3.63, 3.8) is 0 Å². The number of benzene rings is 1. The van der Waals surface area contributed by atoms with Crippen LogP contribution in [0.2, 0.25) is 0 Å². The van der Waals surface area contributed by atoms with Crippen LogP contribution in [-0.2, 0) is 24.0 Å². The molecule has 2 aromatic rings. The highest BCUT2D eigenvalue weighted by molar-refractivity contribution is 5.69. The topological polar surface area (TPSA) is 65.4 Å². The molecule has 1 amide bonds. The number of fused-ring (bicyclic) bond motifs is 3. The van der Waals surface area contributed by atoms with Gasteiger partial charge in [-0.3, -0.25) is 0 Å². The molecule has 0 saturated carbocycles. The zero-order chi connectivity index (χ0) is 20.5. The number of aryl methyl sites for hydroxylation is 1. The average Bonchev–Trinajstić information content (AvgIpc) is 2.97. The third kappa shape index (κ3) is 4.76. The van der Waals surface area contributed by atoms with Crippen molar-refractivity contribution < 1.29 is 27.4 Å². The number of nitrogens with zero attached hydrogens (tertiary/aromatic N) is 2. The molecule has 0 saturated heterocycles. The minimum absolute atomic E-state index is 0.202. The van der Waals surface area contributed by atoms with Crippen LogP contribution in [0.5, 0.6) is 5.75 Å². The van der Waals surface area contributed by atoms with Crippen LogP contribution in [0.1, 0.15) is 38.4 Å². The summed E-state index contributed by atoms with van der Waals surface area (Å²) >= 11 is 0. The number of carbonyl (C=O) groups is 1. The van der Waals surface area contributed by atoms with E-state index in [1.807, 2.05) is 0 Å². The second-order valence-corrected chi connectivity index (χ2v) is 7.53. The lowest BCUT2D eigenvalue weighted by Crippen LogP contribution is -2.32. The van der Waals surface area contributed by atoms with Gasteiger partial charge in [-0.25, -0.2) is 9.78 Å². The Kier molecular flexibility index (Phi) is 5.27. The Balaban J connectivity index is 1.84. The van der Waals surface area contributed by atoms with Gasteiger partial charge in [-0.2, -0.15) is 13.2 Å². The van der Waals surface area contributed by atoms with Gasteiger partial charge in [0.15, 0.2) is 5.69 Å². The minimum Gasteiger partial charge on any atom is -0.493 e. The van der Waals surface area contributed by atoms with E-state index in [0.717, 1.165) is 11.8 Å². The first-order valence-electron chi connectivity index (χ1n) is 8.90. The number of amides is 1. The number of alkyl halides is 3. The van der Waals surface area contributed by atoms with Crippen molar-refractivity contribution in [2.45, 2.75) is 52.1 Å². The average molecular weight is 397 g/mol. The molecule has 1 aromatic carbocycles. The largest absolute Gasteiger partial charge is 0.493 e. The number of rotatable bonds is 2. The van der Waals surface area contributed by atoms with Gasteiger partial charge in [0.25, 0.3) is 0 Å². The summed E-state index contributed by atoms with van der Waals surface area (Å²) in [7, 11) is 0. The third-order valence-electron chi connectivity index (χ3n) is 3.99.